The number of hydrogen-bond acceptors (Lipinski definition) is 2. The molecule has 1 aromatic rings. The van der Waals surface area contributed by atoms with E-state index in [9.17, 15) is 0 Å². The Kier molecular flexibility index (Phi) is 11.9. The Hall–Kier alpha value is -0.920. The molecule has 1 heterocycles. The molecule has 0 aliphatic heterocycles. The SMILES string of the molecule is CC.CC1CCCCCCC1.Cc1ncccn1. The fourth-order valence-corrected chi connectivity index (χ4v) is 2.03. The van der Waals surface area contributed by atoms with Gasteiger partial charge in [-0.05, 0) is 18.9 Å². The standard InChI is InChI=1S/C9H18.C5H6N2.C2H6/c1-9-7-5-3-2-4-6-8-9;1-5-6-3-2-4-7-5;1-2/h9H,2-8H2,1H3;2-4H,1H3;1-2H3. The molecule has 0 aromatic carbocycles. The van der Waals surface area contributed by atoms with E-state index in [1.165, 1.54) is 44.9 Å². The van der Waals surface area contributed by atoms with Gasteiger partial charge in [0.05, 0.1) is 0 Å². The first-order valence-corrected chi connectivity index (χ1v) is 7.52. The normalized spacial score (nSPS) is 16.2. The van der Waals surface area contributed by atoms with E-state index in [-0.39, 0.29) is 0 Å². The number of hydrogen-bond donors (Lipinski definition) is 0. The van der Waals surface area contributed by atoms with Crippen LogP contribution in [0.1, 0.15) is 71.5 Å². The number of aryl methyl sites for hydroxylation is 1. The summed E-state index contributed by atoms with van der Waals surface area (Å²) < 4.78 is 0. The molecule has 1 aliphatic rings. The van der Waals surface area contributed by atoms with E-state index in [4.69, 9.17) is 0 Å². The van der Waals surface area contributed by atoms with Crippen molar-refractivity contribution in [1.82, 2.24) is 9.97 Å². The first kappa shape index (κ1) is 17.1. The highest BCUT2D eigenvalue weighted by Crippen LogP contribution is 2.20. The van der Waals surface area contributed by atoms with Gasteiger partial charge >= 0.3 is 0 Å². The van der Waals surface area contributed by atoms with Crippen LogP contribution in [-0.4, -0.2) is 9.97 Å². The van der Waals surface area contributed by atoms with Gasteiger partial charge in [-0.25, -0.2) is 9.97 Å². The fraction of sp³-hybridized carbons (Fsp3) is 0.750. The highest BCUT2D eigenvalue weighted by atomic mass is 14.8. The third-order valence-corrected chi connectivity index (χ3v) is 3.09. The maximum absolute atomic E-state index is 3.87. The Bertz CT molecular complexity index is 251. The predicted molar refractivity (Wildman–Crippen MR) is 79.6 cm³/mol. The van der Waals surface area contributed by atoms with Crippen LogP contribution in [0.4, 0.5) is 0 Å². The van der Waals surface area contributed by atoms with Crippen LogP contribution >= 0.6 is 0 Å². The minimum Gasteiger partial charge on any atom is -0.242 e. The van der Waals surface area contributed by atoms with Gasteiger partial charge in [-0.3, -0.25) is 0 Å². The van der Waals surface area contributed by atoms with Crippen LogP contribution in [0.25, 0.3) is 0 Å². The quantitative estimate of drug-likeness (QED) is 0.634. The molecule has 0 unspecified atom stereocenters. The van der Waals surface area contributed by atoms with Crippen molar-refractivity contribution >= 4 is 0 Å². The summed E-state index contributed by atoms with van der Waals surface area (Å²) in [5.41, 5.74) is 0. The maximum atomic E-state index is 3.87. The largest absolute Gasteiger partial charge is 0.242 e. The van der Waals surface area contributed by atoms with Gasteiger partial charge in [-0.15, -0.1) is 0 Å². The topological polar surface area (TPSA) is 25.8 Å². The van der Waals surface area contributed by atoms with Crippen molar-refractivity contribution in [3.05, 3.63) is 24.3 Å². The second-order valence-electron chi connectivity index (χ2n) is 4.75. The molecule has 2 rings (SSSR count). The Morgan fingerprint density at radius 3 is 1.72 bits per heavy atom. The zero-order valence-corrected chi connectivity index (χ0v) is 12.7. The minimum absolute atomic E-state index is 0.822. The molecule has 0 atom stereocenters. The molecule has 0 saturated heterocycles. The summed E-state index contributed by atoms with van der Waals surface area (Å²) in [6.45, 7) is 8.26. The van der Waals surface area contributed by atoms with E-state index in [2.05, 4.69) is 16.9 Å². The molecule has 18 heavy (non-hydrogen) atoms. The van der Waals surface area contributed by atoms with E-state index < -0.39 is 0 Å². The van der Waals surface area contributed by atoms with Crippen LogP contribution in [0, 0.1) is 12.8 Å². The van der Waals surface area contributed by atoms with E-state index >= 15 is 0 Å². The average Bonchev–Trinajstić information content (AvgIpc) is 2.38. The molecule has 1 aliphatic carbocycles. The van der Waals surface area contributed by atoms with Crippen molar-refractivity contribution in [2.24, 2.45) is 5.92 Å². The van der Waals surface area contributed by atoms with E-state index in [1.807, 2.05) is 20.8 Å². The predicted octanol–water partition coefficient (Wildman–Crippen LogP) is 5.18. The second-order valence-corrected chi connectivity index (χ2v) is 4.75. The third kappa shape index (κ3) is 10.2. The van der Waals surface area contributed by atoms with Crippen LogP contribution in [0.2, 0.25) is 0 Å². The van der Waals surface area contributed by atoms with Gasteiger partial charge in [0.15, 0.2) is 0 Å². The van der Waals surface area contributed by atoms with Crippen molar-refractivity contribution in [3.63, 3.8) is 0 Å². The van der Waals surface area contributed by atoms with Crippen molar-refractivity contribution < 1.29 is 0 Å². The molecule has 0 radical (unpaired) electrons. The molecule has 0 amide bonds. The van der Waals surface area contributed by atoms with Crippen LogP contribution < -0.4 is 0 Å². The van der Waals surface area contributed by atoms with Crippen LogP contribution in [0.15, 0.2) is 18.5 Å². The van der Waals surface area contributed by atoms with Crippen LogP contribution in [0.3, 0.4) is 0 Å². The fourth-order valence-electron chi connectivity index (χ4n) is 2.03. The zero-order valence-electron chi connectivity index (χ0n) is 12.7. The number of nitrogens with zero attached hydrogens (tertiary/aromatic N) is 2. The summed E-state index contributed by atoms with van der Waals surface area (Å²) in [4.78, 5) is 7.74. The van der Waals surface area contributed by atoms with E-state index in [1.54, 1.807) is 18.5 Å². The van der Waals surface area contributed by atoms with Gasteiger partial charge in [0, 0.05) is 12.4 Å². The summed E-state index contributed by atoms with van der Waals surface area (Å²) in [7, 11) is 0. The van der Waals surface area contributed by atoms with Gasteiger partial charge in [0.1, 0.15) is 5.82 Å². The van der Waals surface area contributed by atoms with Crippen molar-refractivity contribution in [2.75, 3.05) is 0 Å². The molecule has 0 N–H and O–H groups in total. The molecule has 2 heteroatoms. The molecular weight excluding hydrogens is 220 g/mol. The lowest BCUT2D eigenvalue weighted by molar-refractivity contribution is 0.404. The molecule has 2 nitrogen and oxygen atoms in total. The lowest BCUT2D eigenvalue weighted by atomic mass is 9.93. The van der Waals surface area contributed by atoms with Crippen molar-refractivity contribution in [1.29, 1.82) is 0 Å². The van der Waals surface area contributed by atoms with E-state index in [0.29, 0.717) is 0 Å². The Morgan fingerprint density at radius 2 is 1.33 bits per heavy atom. The van der Waals surface area contributed by atoms with Gasteiger partial charge in [-0.2, -0.15) is 0 Å². The molecule has 1 aromatic heterocycles. The lowest BCUT2D eigenvalue weighted by Gasteiger charge is -2.13. The highest BCUT2D eigenvalue weighted by molar-refractivity contribution is 4.83. The first-order valence-electron chi connectivity index (χ1n) is 7.52. The van der Waals surface area contributed by atoms with Crippen LogP contribution in [-0.2, 0) is 0 Å². The van der Waals surface area contributed by atoms with Crippen molar-refractivity contribution in [3.8, 4) is 0 Å². The van der Waals surface area contributed by atoms with Crippen LogP contribution in [0.5, 0.6) is 0 Å². The van der Waals surface area contributed by atoms with Gasteiger partial charge < -0.3 is 0 Å². The molecule has 1 fully saturated rings. The maximum Gasteiger partial charge on any atom is 0.125 e. The molecule has 1 saturated carbocycles. The number of aromatic nitrogens is 2. The summed E-state index contributed by atoms with van der Waals surface area (Å²) in [6.07, 6.45) is 13.9. The Morgan fingerprint density at radius 1 is 0.889 bits per heavy atom. The molecular formula is C16H30N2. The molecule has 104 valence electrons. The van der Waals surface area contributed by atoms with Gasteiger partial charge in [0.2, 0.25) is 0 Å². The van der Waals surface area contributed by atoms with E-state index in [0.717, 1.165) is 11.7 Å². The Balaban J connectivity index is 0.000000289. The minimum atomic E-state index is 0.822. The summed E-state index contributed by atoms with van der Waals surface area (Å²) in [5.74, 6) is 1.84. The zero-order chi connectivity index (χ0) is 13.6. The third-order valence-electron chi connectivity index (χ3n) is 3.09. The smallest absolute Gasteiger partial charge is 0.125 e. The monoisotopic (exact) mass is 250 g/mol. The lowest BCUT2D eigenvalue weighted by Crippen LogP contribution is -1.97. The van der Waals surface area contributed by atoms with Gasteiger partial charge in [-0.1, -0.05) is 65.7 Å². The van der Waals surface area contributed by atoms with Crippen molar-refractivity contribution in [2.45, 2.75) is 72.6 Å². The highest BCUT2D eigenvalue weighted by Gasteiger charge is 2.04. The Labute approximate surface area is 113 Å². The second kappa shape index (κ2) is 12.5. The molecule has 0 bridgehead atoms. The number of rotatable bonds is 0. The first-order chi connectivity index (χ1) is 8.79. The summed E-state index contributed by atoms with van der Waals surface area (Å²) >= 11 is 0. The van der Waals surface area contributed by atoms with Gasteiger partial charge in [0.25, 0.3) is 0 Å². The molecule has 0 spiro atoms. The summed E-state index contributed by atoms with van der Waals surface area (Å²) in [6, 6.07) is 1.80. The summed E-state index contributed by atoms with van der Waals surface area (Å²) in [5, 5.41) is 0. The average molecular weight is 250 g/mol.